The van der Waals surface area contributed by atoms with E-state index >= 15 is 0 Å². The van der Waals surface area contributed by atoms with Crippen LogP contribution in [-0.2, 0) is 14.9 Å². The molecule has 0 aliphatic heterocycles. The number of nitrogens with one attached hydrogen (secondary N) is 1. The summed E-state index contributed by atoms with van der Waals surface area (Å²) >= 11 is 0. The van der Waals surface area contributed by atoms with Crippen LogP contribution in [0.2, 0.25) is 0 Å². The number of hydrogen-bond acceptors (Lipinski definition) is 4. The van der Waals surface area contributed by atoms with Gasteiger partial charge >= 0.3 is 0 Å². The molecule has 57 heavy (non-hydrogen) atoms. The molecule has 0 fully saturated rings. The average molecular weight is 812 g/mol. The molecule has 0 heterocycles. The van der Waals surface area contributed by atoms with Crippen molar-refractivity contribution in [2.45, 2.75) is 206 Å². The molecule has 0 aliphatic carbocycles. The minimum Gasteiger partial charge on any atom is -0.387 e. The zero-order chi connectivity index (χ0) is 41.8. The fourth-order valence-electron chi connectivity index (χ4n) is 6.35. The highest BCUT2D eigenvalue weighted by Gasteiger charge is 2.24. The summed E-state index contributed by atoms with van der Waals surface area (Å²) < 4.78 is 32.6. The number of aliphatic hydroxyl groups excluding tert-OH is 1. The van der Waals surface area contributed by atoms with Gasteiger partial charge in [0.25, 0.3) is 10.1 Å². The number of amides is 1. The predicted molar refractivity (Wildman–Crippen MR) is 248 cm³/mol. The van der Waals surface area contributed by atoms with Gasteiger partial charge in [-0.05, 0) is 83.5 Å². The van der Waals surface area contributed by atoms with Gasteiger partial charge in [0.1, 0.15) is 0 Å². The maximum absolute atomic E-state index is 12.6. The summed E-state index contributed by atoms with van der Waals surface area (Å²) in [6.07, 6.45) is 64.0. The SMILES string of the molecule is CC/C=C\C/C=C\C/C=C\C/C=C\C/C=C\C/C=C\CCCCCCC(=O)NC(CS(=O)(=O)O)C(O)/C=C/CC/C=C/CCCCCCCCCCCCCCC. The van der Waals surface area contributed by atoms with E-state index in [1.54, 1.807) is 6.08 Å². The number of unbranched alkanes of at least 4 members (excludes halogenated alkanes) is 18. The first-order valence-corrected chi connectivity index (χ1v) is 24.5. The van der Waals surface area contributed by atoms with Crippen molar-refractivity contribution in [2.24, 2.45) is 0 Å². The van der Waals surface area contributed by atoms with Crippen molar-refractivity contribution in [3.8, 4) is 0 Å². The second kappa shape index (κ2) is 42.9. The molecule has 0 aliphatic rings. The third-order valence-electron chi connectivity index (χ3n) is 9.74. The lowest BCUT2D eigenvalue weighted by atomic mass is 10.0. The molecule has 2 atom stereocenters. The largest absolute Gasteiger partial charge is 0.387 e. The number of rotatable bonds is 40. The van der Waals surface area contributed by atoms with E-state index in [4.69, 9.17) is 0 Å². The molecule has 6 nitrogen and oxygen atoms in total. The van der Waals surface area contributed by atoms with Gasteiger partial charge in [0.15, 0.2) is 0 Å². The molecule has 326 valence electrons. The number of allylic oxidation sites excluding steroid dienone is 15. The number of aliphatic hydroxyl groups is 1. The molecule has 0 rings (SSSR count). The standard InChI is InChI=1S/C50H85NO5S/c1-3-5-7-9-11-13-15-17-19-21-23-24-25-26-28-30-32-34-36-38-40-42-44-46-50(53)51-48(47-57(54,55)56)49(52)45-43-41-39-37-35-33-31-29-27-22-20-18-16-14-12-10-8-6-4-2/h5,7,11,13,17,19,23-24,26,28,32,34-35,37,43,45,48-49,52H,3-4,6,8-10,12,14-16,18,20-22,25,27,29-31,33,36,38-42,44,46-47H2,1-2H3,(H,51,53)(H,54,55,56)/b7-5-,13-11-,19-17-,24-23-,28-26-,34-32-,37-35+,45-43+. The Morgan fingerprint density at radius 3 is 1.32 bits per heavy atom. The van der Waals surface area contributed by atoms with E-state index in [1.165, 1.54) is 89.5 Å². The average Bonchev–Trinajstić information content (AvgIpc) is 3.18. The van der Waals surface area contributed by atoms with Crippen LogP contribution in [0.3, 0.4) is 0 Å². The van der Waals surface area contributed by atoms with Crippen LogP contribution in [0.4, 0.5) is 0 Å². The Morgan fingerprint density at radius 2 is 0.860 bits per heavy atom. The van der Waals surface area contributed by atoms with Crippen LogP contribution in [-0.4, -0.2) is 41.9 Å². The van der Waals surface area contributed by atoms with Crippen molar-refractivity contribution in [3.63, 3.8) is 0 Å². The van der Waals surface area contributed by atoms with E-state index in [9.17, 15) is 22.9 Å². The molecule has 0 saturated heterocycles. The van der Waals surface area contributed by atoms with E-state index in [0.717, 1.165) is 77.0 Å². The highest BCUT2D eigenvalue weighted by molar-refractivity contribution is 7.85. The first-order valence-electron chi connectivity index (χ1n) is 22.9. The van der Waals surface area contributed by atoms with Gasteiger partial charge in [-0.25, -0.2) is 0 Å². The van der Waals surface area contributed by atoms with Crippen LogP contribution in [0.1, 0.15) is 194 Å². The van der Waals surface area contributed by atoms with Crippen LogP contribution in [0, 0.1) is 0 Å². The van der Waals surface area contributed by atoms with Crippen LogP contribution < -0.4 is 5.32 Å². The third kappa shape index (κ3) is 44.2. The van der Waals surface area contributed by atoms with Crippen molar-refractivity contribution in [1.29, 1.82) is 0 Å². The van der Waals surface area contributed by atoms with Crippen LogP contribution >= 0.6 is 0 Å². The second-order valence-corrected chi connectivity index (χ2v) is 16.8. The molecule has 3 N–H and O–H groups in total. The van der Waals surface area contributed by atoms with Crippen molar-refractivity contribution < 1.29 is 22.9 Å². The summed E-state index contributed by atoms with van der Waals surface area (Å²) in [5.74, 6) is -1.04. The van der Waals surface area contributed by atoms with Gasteiger partial charge in [0.05, 0.1) is 17.9 Å². The van der Waals surface area contributed by atoms with Gasteiger partial charge in [0, 0.05) is 6.42 Å². The molecule has 0 aromatic rings. The fourth-order valence-corrected chi connectivity index (χ4v) is 7.08. The quantitative estimate of drug-likeness (QED) is 0.0325. The molecule has 0 spiro atoms. The Bertz CT molecular complexity index is 1260. The predicted octanol–water partition coefficient (Wildman–Crippen LogP) is 14.1. The summed E-state index contributed by atoms with van der Waals surface area (Å²) in [5, 5.41) is 13.2. The molecule has 0 saturated carbocycles. The van der Waals surface area contributed by atoms with E-state index in [0.29, 0.717) is 12.8 Å². The van der Waals surface area contributed by atoms with Gasteiger partial charge in [-0.1, -0.05) is 201 Å². The van der Waals surface area contributed by atoms with Crippen molar-refractivity contribution in [1.82, 2.24) is 5.32 Å². The Labute approximate surface area is 351 Å². The molecule has 7 heteroatoms. The summed E-state index contributed by atoms with van der Waals surface area (Å²) in [6, 6.07) is -1.09. The lowest BCUT2D eigenvalue weighted by molar-refractivity contribution is -0.122. The Morgan fingerprint density at radius 1 is 0.491 bits per heavy atom. The van der Waals surface area contributed by atoms with Crippen molar-refractivity contribution in [2.75, 3.05) is 5.75 Å². The molecule has 0 bridgehead atoms. The lowest BCUT2D eigenvalue weighted by Crippen LogP contribution is -2.46. The molecular formula is C50H85NO5S. The number of hydrogen-bond donors (Lipinski definition) is 3. The Balaban J connectivity index is 4.01. The monoisotopic (exact) mass is 812 g/mol. The maximum atomic E-state index is 12.6. The second-order valence-electron chi connectivity index (χ2n) is 15.3. The normalized spacial score (nSPS) is 14.1. The van der Waals surface area contributed by atoms with E-state index in [2.05, 4.69) is 104 Å². The number of carbonyl (C=O) groups excluding carboxylic acids is 1. The summed E-state index contributed by atoms with van der Waals surface area (Å²) in [7, 11) is -4.37. The van der Waals surface area contributed by atoms with Gasteiger partial charge in [-0.2, -0.15) is 8.42 Å². The first-order chi connectivity index (χ1) is 27.8. The summed E-state index contributed by atoms with van der Waals surface area (Å²) in [5.41, 5.74) is 0. The molecule has 0 radical (unpaired) electrons. The fraction of sp³-hybridized carbons (Fsp3) is 0.660. The molecule has 2 unspecified atom stereocenters. The molecule has 1 amide bonds. The van der Waals surface area contributed by atoms with E-state index in [-0.39, 0.29) is 12.3 Å². The molecular weight excluding hydrogens is 727 g/mol. The topological polar surface area (TPSA) is 104 Å². The Hall–Kier alpha value is -2.74. The van der Waals surface area contributed by atoms with Crippen LogP contribution in [0.15, 0.2) is 97.2 Å². The minimum absolute atomic E-state index is 0.252. The minimum atomic E-state index is -4.37. The van der Waals surface area contributed by atoms with Crippen LogP contribution in [0.5, 0.6) is 0 Å². The zero-order valence-electron chi connectivity index (χ0n) is 36.4. The molecule has 0 aromatic carbocycles. The molecule has 0 aromatic heterocycles. The third-order valence-corrected chi connectivity index (χ3v) is 10.5. The van der Waals surface area contributed by atoms with Gasteiger partial charge in [-0.3, -0.25) is 9.35 Å². The summed E-state index contributed by atoms with van der Waals surface area (Å²) in [4.78, 5) is 12.6. The highest BCUT2D eigenvalue weighted by atomic mass is 32.2. The smallest absolute Gasteiger partial charge is 0.267 e. The maximum Gasteiger partial charge on any atom is 0.267 e. The highest BCUT2D eigenvalue weighted by Crippen LogP contribution is 2.14. The van der Waals surface area contributed by atoms with Crippen LogP contribution in [0.25, 0.3) is 0 Å². The van der Waals surface area contributed by atoms with E-state index < -0.39 is 28.0 Å². The van der Waals surface area contributed by atoms with Gasteiger partial charge in [-0.15, -0.1) is 0 Å². The first kappa shape index (κ1) is 54.3. The summed E-state index contributed by atoms with van der Waals surface area (Å²) in [6.45, 7) is 4.42. The number of carbonyl (C=O) groups is 1. The van der Waals surface area contributed by atoms with E-state index in [1.807, 2.05) is 0 Å². The van der Waals surface area contributed by atoms with Gasteiger partial charge < -0.3 is 10.4 Å². The lowest BCUT2D eigenvalue weighted by Gasteiger charge is -2.21. The van der Waals surface area contributed by atoms with Crippen molar-refractivity contribution in [3.05, 3.63) is 97.2 Å². The zero-order valence-corrected chi connectivity index (χ0v) is 37.2. The Kier molecular flexibility index (Phi) is 40.8. The van der Waals surface area contributed by atoms with Gasteiger partial charge in [0.2, 0.25) is 5.91 Å². The van der Waals surface area contributed by atoms with Crippen molar-refractivity contribution >= 4 is 16.0 Å².